The van der Waals surface area contributed by atoms with Crippen LogP contribution in [0.5, 0.6) is 11.5 Å². The Bertz CT molecular complexity index is 1170. The highest BCUT2D eigenvalue weighted by molar-refractivity contribution is 7.16. The molecule has 0 unspecified atom stereocenters. The van der Waals surface area contributed by atoms with Crippen LogP contribution in [0.3, 0.4) is 0 Å². The number of methoxy groups -OCH3 is 1. The molecule has 3 aromatic rings. The Morgan fingerprint density at radius 1 is 1.35 bits per heavy atom. The van der Waals surface area contributed by atoms with Gasteiger partial charge in [0.25, 0.3) is 11.8 Å². The first-order chi connectivity index (χ1) is 15.0. The van der Waals surface area contributed by atoms with Gasteiger partial charge in [0.15, 0.2) is 11.7 Å². The van der Waals surface area contributed by atoms with Crippen molar-refractivity contribution in [3.8, 4) is 22.8 Å². The Balaban J connectivity index is 1.61. The summed E-state index contributed by atoms with van der Waals surface area (Å²) in [5.74, 6) is 0.870. The zero-order chi connectivity index (χ0) is 22.0. The van der Waals surface area contributed by atoms with Gasteiger partial charge in [0.1, 0.15) is 11.5 Å². The van der Waals surface area contributed by atoms with Gasteiger partial charge < -0.3 is 14.4 Å². The molecule has 7 nitrogen and oxygen atoms in total. The Kier molecular flexibility index (Phi) is 5.73. The summed E-state index contributed by atoms with van der Waals surface area (Å²) >= 11 is 1.39. The molecule has 0 saturated heterocycles. The third kappa shape index (κ3) is 4.15. The minimum absolute atomic E-state index is 0.0103. The van der Waals surface area contributed by atoms with Crippen LogP contribution < -0.4 is 19.7 Å². The predicted octanol–water partition coefficient (Wildman–Crippen LogP) is 4.29. The summed E-state index contributed by atoms with van der Waals surface area (Å²) in [5, 5.41) is 3.34. The number of rotatable bonds is 6. The molecule has 4 rings (SSSR count). The number of ether oxygens (including phenoxy) is 2. The van der Waals surface area contributed by atoms with E-state index in [2.05, 4.69) is 16.9 Å². The van der Waals surface area contributed by atoms with E-state index >= 15 is 0 Å². The van der Waals surface area contributed by atoms with Gasteiger partial charge in [0.05, 0.1) is 18.5 Å². The summed E-state index contributed by atoms with van der Waals surface area (Å²) in [6.45, 7) is 6.08. The number of aromatic nitrogens is 1. The fourth-order valence-electron chi connectivity index (χ4n) is 3.33. The van der Waals surface area contributed by atoms with Crippen LogP contribution in [0.15, 0.2) is 55.1 Å². The molecule has 1 N–H and O–H groups in total. The molecule has 1 aromatic heterocycles. The Morgan fingerprint density at radius 2 is 2.19 bits per heavy atom. The highest BCUT2D eigenvalue weighted by Gasteiger charge is 2.25. The molecule has 0 fully saturated rings. The van der Waals surface area contributed by atoms with Gasteiger partial charge in [-0.1, -0.05) is 12.1 Å². The molecule has 2 aromatic carbocycles. The molecule has 0 spiro atoms. The van der Waals surface area contributed by atoms with Crippen molar-refractivity contribution in [1.82, 2.24) is 4.98 Å². The first kappa shape index (κ1) is 20.6. The predicted molar refractivity (Wildman–Crippen MR) is 121 cm³/mol. The number of amides is 2. The zero-order valence-electron chi connectivity index (χ0n) is 17.2. The molecule has 31 heavy (non-hydrogen) atoms. The van der Waals surface area contributed by atoms with Crippen molar-refractivity contribution in [3.05, 3.63) is 65.6 Å². The number of thiazole rings is 1. The molecular weight excluding hydrogens is 414 g/mol. The lowest BCUT2D eigenvalue weighted by Gasteiger charge is -2.28. The van der Waals surface area contributed by atoms with Crippen molar-refractivity contribution in [3.63, 3.8) is 0 Å². The summed E-state index contributed by atoms with van der Waals surface area (Å²) < 4.78 is 10.7. The average Bonchev–Trinajstić information content (AvgIpc) is 3.15. The molecule has 1 aliphatic heterocycles. The SMILES string of the molecule is C=CCN1C(=O)COc2ccc(-c3nc(NC(=O)c4cccc(OC)c4)sc3C)cc21. The van der Waals surface area contributed by atoms with E-state index in [4.69, 9.17) is 9.47 Å². The Labute approximate surface area is 183 Å². The van der Waals surface area contributed by atoms with E-state index in [1.54, 1.807) is 42.4 Å². The smallest absolute Gasteiger partial charge is 0.265 e. The van der Waals surface area contributed by atoms with Crippen molar-refractivity contribution in [1.29, 1.82) is 0 Å². The second kappa shape index (κ2) is 8.61. The topological polar surface area (TPSA) is 80.8 Å². The maximum absolute atomic E-state index is 12.6. The van der Waals surface area contributed by atoms with Crippen molar-refractivity contribution < 1.29 is 19.1 Å². The summed E-state index contributed by atoms with van der Waals surface area (Å²) in [6, 6.07) is 12.5. The average molecular weight is 436 g/mol. The number of carbonyl (C=O) groups is 2. The molecule has 0 bridgehead atoms. The van der Waals surface area contributed by atoms with Gasteiger partial charge in [-0.25, -0.2) is 4.98 Å². The molecule has 1 aliphatic rings. The van der Waals surface area contributed by atoms with Crippen LogP contribution in [0.2, 0.25) is 0 Å². The van der Waals surface area contributed by atoms with Crippen LogP contribution in [0, 0.1) is 6.92 Å². The fourth-order valence-corrected chi connectivity index (χ4v) is 4.16. The number of benzene rings is 2. The Morgan fingerprint density at radius 3 is 2.97 bits per heavy atom. The standard InChI is InChI=1S/C23H21N3O4S/c1-4-10-26-18-12-15(8-9-19(18)30-13-20(26)27)21-14(2)31-23(24-21)25-22(28)16-6-5-7-17(11-16)29-3/h4-9,11-12H,1,10,13H2,2-3H3,(H,24,25,28). The number of fused-ring (bicyclic) bond motifs is 1. The van der Waals surface area contributed by atoms with Crippen molar-refractivity contribution in [2.75, 3.05) is 30.5 Å². The Hall–Kier alpha value is -3.65. The third-order valence-corrected chi connectivity index (χ3v) is 5.72. The largest absolute Gasteiger partial charge is 0.497 e. The van der Waals surface area contributed by atoms with Gasteiger partial charge in [0.2, 0.25) is 0 Å². The molecule has 2 amide bonds. The van der Waals surface area contributed by atoms with Crippen molar-refractivity contribution in [2.45, 2.75) is 6.92 Å². The van der Waals surface area contributed by atoms with E-state index in [0.717, 1.165) is 16.1 Å². The third-order valence-electron chi connectivity index (χ3n) is 4.84. The van der Waals surface area contributed by atoms with Gasteiger partial charge in [-0.15, -0.1) is 17.9 Å². The molecule has 0 radical (unpaired) electrons. The normalized spacial score (nSPS) is 12.7. The van der Waals surface area contributed by atoms with Crippen LogP contribution >= 0.6 is 11.3 Å². The van der Waals surface area contributed by atoms with Gasteiger partial charge in [-0.2, -0.15) is 0 Å². The number of hydrogen-bond acceptors (Lipinski definition) is 6. The van der Waals surface area contributed by atoms with Crippen LogP contribution in [0.1, 0.15) is 15.2 Å². The number of aryl methyl sites for hydroxylation is 1. The first-order valence-electron chi connectivity index (χ1n) is 9.61. The number of nitrogens with zero attached hydrogens (tertiary/aromatic N) is 2. The second-order valence-electron chi connectivity index (χ2n) is 6.87. The van der Waals surface area contributed by atoms with Gasteiger partial charge >= 0.3 is 0 Å². The molecule has 0 atom stereocenters. The summed E-state index contributed by atoms with van der Waals surface area (Å²) in [4.78, 5) is 32.1. The molecular formula is C23H21N3O4S. The number of nitrogens with one attached hydrogen (secondary N) is 1. The fraction of sp³-hybridized carbons (Fsp3) is 0.174. The zero-order valence-corrected chi connectivity index (χ0v) is 18.0. The highest BCUT2D eigenvalue weighted by Crippen LogP contribution is 2.38. The maximum atomic E-state index is 12.6. The molecule has 0 saturated carbocycles. The van der Waals surface area contributed by atoms with Crippen LogP contribution in [0.25, 0.3) is 11.3 Å². The second-order valence-corrected chi connectivity index (χ2v) is 8.08. The van der Waals surface area contributed by atoms with E-state index < -0.39 is 0 Å². The lowest BCUT2D eigenvalue weighted by atomic mass is 10.1. The number of anilines is 2. The maximum Gasteiger partial charge on any atom is 0.265 e. The number of carbonyl (C=O) groups excluding carboxylic acids is 2. The van der Waals surface area contributed by atoms with Crippen LogP contribution in [-0.2, 0) is 4.79 Å². The molecule has 8 heteroatoms. The van der Waals surface area contributed by atoms with Gasteiger partial charge in [0, 0.05) is 22.5 Å². The summed E-state index contributed by atoms with van der Waals surface area (Å²) in [7, 11) is 1.56. The van der Waals surface area contributed by atoms with Crippen LogP contribution in [-0.4, -0.2) is 37.1 Å². The monoisotopic (exact) mass is 435 g/mol. The minimum atomic E-state index is -0.263. The quantitative estimate of drug-likeness (QED) is 0.584. The van der Waals surface area contributed by atoms with E-state index in [1.165, 1.54) is 11.3 Å². The van der Waals surface area contributed by atoms with Crippen molar-refractivity contribution in [2.24, 2.45) is 0 Å². The molecule has 0 aliphatic carbocycles. The van der Waals surface area contributed by atoms with E-state index in [0.29, 0.717) is 34.4 Å². The van der Waals surface area contributed by atoms with Crippen molar-refractivity contribution >= 4 is 34.0 Å². The van der Waals surface area contributed by atoms with E-state index in [9.17, 15) is 9.59 Å². The minimum Gasteiger partial charge on any atom is -0.497 e. The number of hydrogen-bond donors (Lipinski definition) is 1. The van der Waals surface area contributed by atoms with Gasteiger partial charge in [-0.05, 0) is 43.3 Å². The highest BCUT2D eigenvalue weighted by atomic mass is 32.1. The van der Waals surface area contributed by atoms with Crippen LogP contribution in [0.4, 0.5) is 10.8 Å². The molecule has 2 heterocycles. The summed E-state index contributed by atoms with van der Waals surface area (Å²) in [6.07, 6.45) is 1.68. The lowest BCUT2D eigenvalue weighted by molar-refractivity contribution is -0.121. The van der Waals surface area contributed by atoms with E-state index in [1.807, 2.05) is 25.1 Å². The molecule has 158 valence electrons. The summed E-state index contributed by atoms with van der Waals surface area (Å²) in [5.41, 5.74) is 2.74. The lowest BCUT2D eigenvalue weighted by Crippen LogP contribution is -2.38. The first-order valence-corrected chi connectivity index (χ1v) is 10.4. The van der Waals surface area contributed by atoms with Gasteiger partial charge in [-0.3, -0.25) is 14.9 Å². The van der Waals surface area contributed by atoms with E-state index in [-0.39, 0.29) is 18.4 Å².